The standard InChI is InChI=1S/C14H11O.C5H5.2CH3.Zr/c1-15-13-8-4-6-11-9-10-5-2-3-7-12(10)14(11)13;1-2-4-5-3-1;;;/h2-5,7-8H,9H2,1H3;1-3H,4H2;2*1H3;. The number of rotatable bonds is 3. The van der Waals surface area contributed by atoms with Gasteiger partial charge in [0.25, 0.3) is 0 Å². The molecule has 0 amide bonds. The normalized spacial score (nSPS) is 15.3. The Labute approximate surface area is 143 Å². The molecule has 0 spiro atoms. The van der Waals surface area contributed by atoms with E-state index in [0.29, 0.717) is 0 Å². The van der Waals surface area contributed by atoms with Gasteiger partial charge in [0.15, 0.2) is 0 Å². The van der Waals surface area contributed by atoms with Gasteiger partial charge >= 0.3 is 143 Å². The van der Waals surface area contributed by atoms with Crippen LogP contribution in [0.15, 0.2) is 57.9 Å². The van der Waals surface area contributed by atoms with Crippen molar-refractivity contribution in [1.29, 1.82) is 0 Å². The number of allylic oxidation sites excluding steroid dienone is 4. The molecular weight excluding hydrogens is 359 g/mol. The Morgan fingerprint density at radius 2 is 1.87 bits per heavy atom. The van der Waals surface area contributed by atoms with Gasteiger partial charge in [-0.25, -0.2) is 0 Å². The van der Waals surface area contributed by atoms with Crippen LogP contribution in [-0.4, -0.2) is 7.11 Å². The maximum absolute atomic E-state index is 5.70. The molecule has 116 valence electrons. The summed E-state index contributed by atoms with van der Waals surface area (Å²) in [6.07, 6.45) is 9.10. The Balaban J connectivity index is 1.92. The van der Waals surface area contributed by atoms with E-state index in [0.717, 1.165) is 18.6 Å². The Kier molecular flexibility index (Phi) is 3.69. The number of methoxy groups -OCH3 is 1. The van der Waals surface area contributed by atoms with Gasteiger partial charge in [-0.3, -0.25) is 0 Å². The van der Waals surface area contributed by atoms with Gasteiger partial charge in [-0.05, 0) is 0 Å². The van der Waals surface area contributed by atoms with Gasteiger partial charge in [0.05, 0.1) is 0 Å². The predicted molar refractivity (Wildman–Crippen MR) is 94.4 cm³/mol. The Morgan fingerprint density at radius 1 is 1.04 bits per heavy atom. The van der Waals surface area contributed by atoms with Crippen molar-refractivity contribution in [3.05, 3.63) is 69.0 Å². The molecule has 0 saturated heterocycles. The Hall–Kier alpha value is -1.40. The molecule has 1 nitrogen and oxygen atoms in total. The summed E-state index contributed by atoms with van der Waals surface area (Å²) in [7, 11) is 1.79. The summed E-state index contributed by atoms with van der Waals surface area (Å²) in [5.74, 6) is 1.02. The van der Waals surface area contributed by atoms with Gasteiger partial charge in [0, 0.05) is 0 Å². The minimum atomic E-state index is -2.49. The molecule has 0 atom stereocenters. The average Bonchev–Trinajstić information content (AvgIpc) is 3.21. The number of fused-ring (bicyclic) bond motifs is 3. The molecule has 0 fully saturated rings. The third kappa shape index (κ3) is 2.31. The van der Waals surface area contributed by atoms with Crippen LogP contribution in [0, 0.1) is 0 Å². The van der Waals surface area contributed by atoms with E-state index >= 15 is 0 Å². The first-order valence-electron chi connectivity index (χ1n) is 8.27. The van der Waals surface area contributed by atoms with Crippen molar-refractivity contribution < 1.29 is 25.0 Å². The summed E-state index contributed by atoms with van der Waals surface area (Å²) in [4.78, 5) is 0. The van der Waals surface area contributed by atoms with E-state index in [1.54, 1.807) is 13.7 Å². The van der Waals surface area contributed by atoms with Crippen LogP contribution in [0.3, 0.4) is 0 Å². The number of hydrogen-bond donors (Lipinski definition) is 0. The summed E-state index contributed by atoms with van der Waals surface area (Å²) in [5.41, 5.74) is 5.67. The van der Waals surface area contributed by atoms with E-state index in [1.807, 2.05) is 0 Å². The molecule has 0 aliphatic heterocycles. The second-order valence-electron chi connectivity index (χ2n) is 6.95. The van der Waals surface area contributed by atoms with Crippen molar-refractivity contribution in [2.75, 3.05) is 7.11 Å². The van der Waals surface area contributed by atoms with Crippen molar-refractivity contribution >= 4 is 3.27 Å². The van der Waals surface area contributed by atoms with Crippen LogP contribution >= 0.6 is 0 Å². The SMILES string of the molecule is COc1cc[c]([Zr]([CH3])([CH3])[C]2=CC=CC2)c2c1-c1ccccc1C2. The van der Waals surface area contributed by atoms with Gasteiger partial charge in [-0.1, -0.05) is 0 Å². The zero-order valence-corrected chi connectivity index (χ0v) is 16.5. The minimum absolute atomic E-state index is 1.02. The first-order chi connectivity index (χ1) is 11.1. The molecule has 2 aromatic carbocycles. The molecule has 2 aromatic rings. The summed E-state index contributed by atoms with van der Waals surface area (Å²) < 4.78 is 14.1. The van der Waals surface area contributed by atoms with E-state index in [9.17, 15) is 0 Å². The van der Waals surface area contributed by atoms with Crippen molar-refractivity contribution in [2.45, 2.75) is 22.1 Å². The molecule has 0 saturated carbocycles. The van der Waals surface area contributed by atoms with E-state index in [4.69, 9.17) is 4.74 Å². The summed E-state index contributed by atoms with van der Waals surface area (Å²) >= 11 is -2.49. The molecule has 2 aliphatic rings. The second kappa shape index (κ2) is 5.60. The van der Waals surface area contributed by atoms with Gasteiger partial charge in [-0.15, -0.1) is 0 Å². The molecule has 2 aliphatic carbocycles. The van der Waals surface area contributed by atoms with Crippen LogP contribution in [-0.2, 0) is 26.7 Å². The summed E-state index contributed by atoms with van der Waals surface area (Å²) in [6.45, 7) is 0. The second-order valence-corrected chi connectivity index (χ2v) is 17.8. The number of hydrogen-bond acceptors (Lipinski definition) is 1. The molecule has 0 radical (unpaired) electrons. The van der Waals surface area contributed by atoms with E-state index < -0.39 is 20.3 Å². The zero-order valence-electron chi connectivity index (χ0n) is 14.0. The van der Waals surface area contributed by atoms with Crippen LogP contribution in [0.1, 0.15) is 17.5 Å². The van der Waals surface area contributed by atoms with Crippen LogP contribution in [0.4, 0.5) is 0 Å². The van der Waals surface area contributed by atoms with Crippen molar-refractivity contribution in [3.63, 3.8) is 0 Å². The van der Waals surface area contributed by atoms with E-state index in [1.165, 1.54) is 22.3 Å². The third-order valence-corrected chi connectivity index (χ3v) is 14.7. The maximum atomic E-state index is 5.70. The monoisotopic (exact) mass is 380 g/mol. The van der Waals surface area contributed by atoms with Gasteiger partial charge < -0.3 is 0 Å². The molecule has 4 rings (SSSR count). The molecule has 0 aromatic heterocycles. The van der Waals surface area contributed by atoms with Crippen LogP contribution in [0.2, 0.25) is 9.26 Å². The number of benzene rings is 2. The Bertz CT molecular complexity index is 843. The van der Waals surface area contributed by atoms with E-state index in [-0.39, 0.29) is 0 Å². The molecular formula is C21H22OZr. The third-order valence-electron chi connectivity index (χ3n) is 5.40. The fourth-order valence-electron chi connectivity index (χ4n) is 4.05. The first kappa shape index (κ1) is 15.1. The molecule has 0 heterocycles. The zero-order chi connectivity index (χ0) is 16.0. The molecule has 2 heteroatoms. The quantitative estimate of drug-likeness (QED) is 0.621. The van der Waals surface area contributed by atoms with Crippen LogP contribution in [0.25, 0.3) is 11.1 Å². The first-order valence-corrected chi connectivity index (χ1v) is 15.6. The van der Waals surface area contributed by atoms with Gasteiger partial charge in [0.1, 0.15) is 0 Å². The topological polar surface area (TPSA) is 9.23 Å². The fourth-order valence-corrected chi connectivity index (χ4v) is 11.3. The number of ether oxygens (including phenoxy) is 1. The van der Waals surface area contributed by atoms with Crippen LogP contribution in [0.5, 0.6) is 5.75 Å². The van der Waals surface area contributed by atoms with E-state index in [2.05, 4.69) is 63.9 Å². The predicted octanol–water partition coefficient (Wildman–Crippen LogP) is 4.99. The van der Waals surface area contributed by atoms with Crippen molar-refractivity contribution in [2.24, 2.45) is 0 Å². The fraction of sp³-hybridized carbons (Fsp3) is 0.238. The van der Waals surface area contributed by atoms with Crippen molar-refractivity contribution in [3.8, 4) is 16.9 Å². The molecule has 0 unspecified atom stereocenters. The van der Waals surface area contributed by atoms with Crippen molar-refractivity contribution in [1.82, 2.24) is 0 Å². The van der Waals surface area contributed by atoms with Crippen LogP contribution < -0.4 is 8.01 Å². The summed E-state index contributed by atoms with van der Waals surface area (Å²) in [5, 5.41) is 0. The molecule has 23 heavy (non-hydrogen) atoms. The summed E-state index contributed by atoms with van der Waals surface area (Å²) in [6, 6.07) is 13.3. The van der Waals surface area contributed by atoms with Gasteiger partial charge in [-0.2, -0.15) is 0 Å². The Morgan fingerprint density at radius 3 is 2.61 bits per heavy atom. The molecule has 0 bridgehead atoms. The van der Waals surface area contributed by atoms with Gasteiger partial charge in [0.2, 0.25) is 0 Å². The average molecular weight is 382 g/mol. The molecule has 0 N–H and O–H groups in total.